The summed E-state index contributed by atoms with van der Waals surface area (Å²) in [6.45, 7) is 1.97. The second kappa shape index (κ2) is 4.88. The van der Waals surface area contributed by atoms with Gasteiger partial charge >= 0.3 is 6.18 Å². The molecule has 0 N–H and O–H groups in total. The zero-order chi connectivity index (χ0) is 15.2. The largest absolute Gasteiger partial charge is 0.417 e. The Balaban J connectivity index is 2.26. The first-order valence-corrected chi connectivity index (χ1v) is 7.16. The highest BCUT2D eigenvalue weighted by molar-refractivity contribution is 6.16. The Bertz CT molecular complexity index is 729. The molecule has 1 unspecified atom stereocenters. The van der Waals surface area contributed by atoms with Gasteiger partial charge in [0.15, 0.2) is 0 Å². The Kier molecular flexibility index (Phi) is 3.28. The minimum Gasteiger partial charge on any atom is -0.166 e. The fraction of sp³-hybridized carbons (Fsp3) is 0.176. The van der Waals surface area contributed by atoms with Crippen LogP contribution in [0.25, 0.3) is 17.2 Å². The molecular formula is C17H12F3Si. The molecule has 0 saturated carbocycles. The molecular weight excluding hydrogens is 289 g/mol. The molecule has 0 nitrogen and oxygen atoms in total. The summed E-state index contributed by atoms with van der Waals surface area (Å²) in [7, 11) is 3.63. The van der Waals surface area contributed by atoms with Crippen molar-refractivity contribution in [3.05, 3.63) is 64.7 Å². The Morgan fingerprint density at radius 2 is 1.62 bits per heavy atom. The number of allylic oxidation sites excluding steroid dienone is 1. The van der Waals surface area contributed by atoms with Crippen LogP contribution in [-0.4, -0.2) is 10.2 Å². The van der Waals surface area contributed by atoms with Gasteiger partial charge in [-0.1, -0.05) is 48.0 Å². The van der Waals surface area contributed by atoms with Gasteiger partial charge in [-0.05, 0) is 40.8 Å². The van der Waals surface area contributed by atoms with Crippen LogP contribution < -0.4 is 0 Å². The highest BCUT2D eigenvalue weighted by atomic mass is 28.1. The van der Waals surface area contributed by atoms with Crippen LogP contribution in [0.1, 0.15) is 29.2 Å². The molecule has 0 saturated heterocycles. The number of halogens is 3. The Morgan fingerprint density at radius 3 is 2.33 bits per heavy atom. The van der Waals surface area contributed by atoms with E-state index in [9.17, 15) is 13.2 Å². The molecule has 0 amide bonds. The minimum absolute atomic E-state index is 0.0676. The molecule has 2 aromatic rings. The van der Waals surface area contributed by atoms with Gasteiger partial charge in [0.25, 0.3) is 0 Å². The van der Waals surface area contributed by atoms with Gasteiger partial charge in [0, 0.05) is 10.2 Å². The van der Waals surface area contributed by atoms with Crippen LogP contribution in [-0.2, 0) is 6.18 Å². The van der Waals surface area contributed by atoms with E-state index in [2.05, 4.69) is 10.2 Å². The van der Waals surface area contributed by atoms with Gasteiger partial charge in [0.1, 0.15) is 0 Å². The third-order valence-corrected chi connectivity index (χ3v) is 4.57. The quantitative estimate of drug-likeness (QED) is 0.650. The molecule has 21 heavy (non-hydrogen) atoms. The second-order valence-electron chi connectivity index (χ2n) is 5.17. The normalized spacial score (nSPS) is 17.6. The fourth-order valence-corrected chi connectivity index (χ4v) is 3.09. The van der Waals surface area contributed by atoms with Gasteiger partial charge in [-0.2, -0.15) is 13.2 Å². The van der Waals surface area contributed by atoms with Crippen LogP contribution in [0, 0.1) is 0 Å². The first-order chi connectivity index (χ1) is 9.89. The third kappa shape index (κ3) is 2.33. The topological polar surface area (TPSA) is 0 Å². The van der Waals surface area contributed by atoms with Crippen LogP contribution in [0.3, 0.4) is 0 Å². The first-order valence-electron chi connectivity index (χ1n) is 6.58. The zero-order valence-corrected chi connectivity index (χ0v) is 12.3. The number of fused-ring (bicyclic) bond motifs is 1. The lowest BCUT2D eigenvalue weighted by atomic mass is 9.93. The highest BCUT2D eigenvalue weighted by Crippen LogP contribution is 2.43. The molecule has 105 valence electrons. The summed E-state index contributed by atoms with van der Waals surface area (Å²) in [5, 5.41) is 0. The lowest BCUT2D eigenvalue weighted by Crippen LogP contribution is -2.07. The summed E-state index contributed by atoms with van der Waals surface area (Å²) >= 11 is 0. The molecule has 0 spiro atoms. The SMILES string of the molecule is CC1=Cc2c(-c3ccccc3C(F)(F)F)cccc2C1[Si]. The first kappa shape index (κ1) is 14.1. The number of rotatable bonds is 1. The van der Waals surface area contributed by atoms with Crippen molar-refractivity contribution in [1.82, 2.24) is 0 Å². The summed E-state index contributed by atoms with van der Waals surface area (Å²) in [5.74, 6) is 0. The highest BCUT2D eigenvalue weighted by Gasteiger charge is 2.34. The molecule has 1 aliphatic rings. The van der Waals surface area contributed by atoms with E-state index in [1.807, 2.05) is 19.1 Å². The van der Waals surface area contributed by atoms with E-state index in [0.29, 0.717) is 5.56 Å². The molecule has 0 aliphatic heterocycles. The smallest absolute Gasteiger partial charge is 0.166 e. The van der Waals surface area contributed by atoms with Gasteiger partial charge in [-0.25, -0.2) is 0 Å². The fourth-order valence-electron chi connectivity index (χ4n) is 2.75. The lowest BCUT2D eigenvalue weighted by molar-refractivity contribution is -0.137. The van der Waals surface area contributed by atoms with Gasteiger partial charge in [0.2, 0.25) is 0 Å². The standard InChI is InChI=1S/C17H12F3Si/c1-10-9-14-11(6-4-7-13(14)16(10)21)12-5-2-3-8-15(12)17(18,19)20/h2-9,16H,1H3. The van der Waals surface area contributed by atoms with Crippen molar-refractivity contribution >= 4 is 16.3 Å². The Labute approximate surface area is 124 Å². The van der Waals surface area contributed by atoms with Crippen molar-refractivity contribution in [2.45, 2.75) is 18.6 Å². The van der Waals surface area contributed by atoms with E-state index in [0.717, 1.165) is 22.8 Å². The van der Waals surface area contributed by atoms with Gasteiger partial charge in [0.05, 0.1) is 5.56 Å². The van der Waals surface area contributed by atoms with Crippen molar-refractivity contribution in [1.29, 1.82) is 0 Å². The monoisotopic (exact) mass is 301 g/mol. The lowest BCUT2D eigenvalue weighted by Gasteiger charge is -2.16. The van der Waals surface area contributed by atoms with Gasteiger partial charge < -0.3 is 0 Å². The van der Waals surface area contributed by atoms with Crippen molar-refractivity contribution in [3.63, 3.8) is 0 Å². The molecule has 3 radical (unpaired) electrons. The van der Waals surface area contributed by atoms with E-state index < -0.39 is 11.7 Å². The maximum Gasteiger partial charge on any atom is 0.417 e. The van der Waals surface area contributed by atoms with Crippen LogP contribution in [0.5, 0.6) is 0 Å². The molecule has 4 heteroatoms. The molecule has 3 rings (SSSR count). The predicted octanol–water partition coefficient (Wildman–Crippen LogP) is 5.00. The van der Waals surface area contributed by atoms with Crippen LogP contribution in [0.2, 0.25) is 0 Å². The predicted molar refractivity (Wildman–Crippen MR) is 79.0 cm³/mol. The summed E-state index contributed by atoms with van der Waals surface area (Å²) in [6.07, 6.45) is -2.40. The third-order valence-electron chi connectivity index (χ3n) is 3.80. The molecule has 0 fully saturated rings. The molecule has 2 aromatic carbocycles. The van der Waals surface area contributed by atoms with E-state index in [4.69, 9.17) is 0 Å². The second-order valence-corrected chi connectivity index (χ2v) is 5.75. The zero-order valence-electron chi connectivity index (χ0n) is 11.3. The number of hydrogen-bond acceptors (Lipinski definition) is 0. The molecule has 1 aliphatic carbocycles. The summed E-state index contributed by atoms with van der Waals surface area (Å²) in [4.78, 5) is 0. The number of hydrogen-bond donors (Lipinski definition) is 0. The van der Waals surface area contributed by atoms with Crippen LogP contribution >= 0.6 is 0 Å². The maximum absolute atomic E-state index is 13.2. The summed E-state index contributed by atoms with van der Waals surface area (Å²) < 4.78 is 39.6. The Morgan fingerprint density at radius 1 is 0.952 bits per heavy atom. The van der Waals surface area contributed by atoms with E-state index in [1.165, 1.54) is 12.1 Å². The van der Waals surface area contributed by atoms with Crippen LogP contribution in [0.15, 0.2) is 48.0 Å². The molecule has 0 bridgehead atoms. The van der Waals surface area contributed by atoms with E-state index >= 15 is 0 Å². The molecule has 0 aromatic heterocycles. The van der Waals surface area contributed by atoms with Crippen molar-refractivity contribution in [2.75, 3.05) is 0 Å². The Hall–Kier alpha value is -1.81. The minimum atomic E-state index is -4.36. The van der Waals surface area contributed by atoms with Crippen LogP contribution in [0.4, 0.5) is 13.2 Å². The van der Waals surface area contributed by atoms with E-state index in [-0.39, 0.29) is 11.1 Å². The summed E-state index contributed by atoms with van der Waals surface area (Å²) in [5.41, 5.74) is 3.30. The maximum atomic E-state index is 13.2. The number of benzene rings is 2. The van der Waals surface area contributed by atoms with Crippen molar-refractivity contribution in [3.8, 4) is 11.1 Å². The number of alkyl halides is 3. The van der Waals surface area contributed by atoms with Gasteiger partial charge in [-0.3, -0.25) is 0 Å². The average Bonchev–Trinajstić information content (AvgIpc) is 2.74. The van der Waals surface area contributed by atoms with Crippen molar-refractivity contribution in [2.24, 2.45) is 0 Å². The summed E-state index contributed by atoms with van der Waals surface area (Å²) in [6, 6.07) is 11.2. The van der Waals surface area contributed by atoms with E-state index in [1.54, 1.807) is 18.2 Å². The average molecular weight is 301 g/mol. The van der Waals surface area contributed by atoms with Gasteiger partial charge in [-0.15, -0.1) is 0 Å². The van der Waals surface area contributed by atoms with Crippen molar-refractivity contribution < 1.29 is 13.2 Å². The molecule has 1 atom stereocenters. The molecule has 0 heterocycles.